The van der Waals surface area contributed by atoms with Crippen molar-refractivity contribution in [1.82, 2.24) is 9.78 Å². The molecule has 0 radical (unpaired) electrons. The van der Waals surface area contributed by atoms with Gasteiger partial charge in [0, 0.05) is 12.2 Å². The van der Waals surface area contributed by atoms with Gasteiger partial charge in [0.05, 0.1) is 18.7 Å². The van der Waals surface area contributed by atoms with Crippen molar-refractivity contribution in [3.05, 3.63) is 17.0 Å². The quantitative estimate of drug-likeness (QED) is 0.770. The largest absolute Gasteiger partial charge is 0.435 e. The van der Waals surface area contributed by atoms with Crippen LogP contribution in [0, 0.1) is 0 Å². The second-order valence-electron chi connectivity index (χ2n) is 5.55. The maximum atomic E-state index is 14.1. The van der Waals surface area contributed by atoms with Crippen LogP contribution in [0.5, 0.6) is 0 Å². The number of aliphatic hydroxyl groups is 1. The fourth-order valence-corrected chi connectivity index (χ4v) is 2.62. The van der Waals surface area contributed by atoms with Crippen molar-refractivity contribution >= 4 is 0 Å². The molecule has 1 N–H and O–H groups in total. The zero-order chi connectivity index (χ0) is 19.2. The number of nitrogens with zero attached hydrogens (tertiary/aromatic N) is 2. The first-order valence-electron chi connectivity index (χ1n) is 7.13. The number of hydrogen-bond donors (Lipinski definition) is 1. The molecule has 0 spiro atoms. The Hall–Kier alpha value is -1.43. The average Bonchev–Trinajstić information content (AvgIpc) is 2.94. The standard InChI is InChI=1S/C13H14F8N2O2/c1-2-25-12(18,5-14)7(15)4-23-6-3-11(16,17)10(24)8(6)9(22-23)13(19,20)21/h7,10,24H,2-5H2,1H3/t7?,10-,12?/m0/s1. The van der Waals surface area contributed by atoms with Crippen molar-refractivity contribution in [2.75, 3.05) is 13.3 Å². The van der Waals surface area contributed by atoms with Gasteiger partial charge in [-0.15, -0.1) is 0 Å². The highest BCUT2D eigenvalue weighted by molar-refractivity contribution is 5.38. The molecular formula is C13H14F8N2O2. The van der Waals surface area contributed by atoms with Crippen molar-refractivity contribution in [1.29, 1.82) is 0 Å². The van der Waals surface area contributed by atoms with Gasteiger partial charge in [-0.3, -0.25) is 4.68 Å². The van der Waals surface area contributed by atoms with Gasteiger partial charge < -0.3 is 9.84 Å². The zero-order valence-electron chi connectivity index (χ0n) is 12.8. The summed E-state index contributed by atoms with van der Waals surface area (Å²) in [6, 6.07) is 0. The molecule has 2 rings (SSSR count). The molecule has 0 bridgehead atoms. The van der Waals surface area contributed by atoms with Gasteiger partial charge in [0.15, 0.2) is 18.5 Å². The maximum Gasteiger partial charge on any atom is 0.435 e. The van der Waals surface area contributed by atoms with Crippen molar-refractivity contribution in [2.24, 2.45) is 0 Å². The Morgan fingerprint density at radius 2 is 1.96 bits per heavy atom. The lowest BCUT2D eigenvalue weighted by molar-refractivity contribution is -0.197. The Kier molecular flexibility index (Phi) is 5.08. The summed E-state index contributed by atoms with van der Waals surface area (Å²) < 4.78 is 111. The molecule has 1 aromatic rings. The summed E-state index contributed by atoms with van der Waals surface area (Å²) in [5.41, 5.74) is -3.79. The first-order chi connectivity index (χ1) is 11.4. The minimum Gasteiger partial charge on any atom is -0.382 e. The Balaban J connectivity index is 2.43. The van der Waals surface area contributed by atoms with E-state index in [1.54, 1.807) is 0 Å². The van der Waals surface area contributed by atoms with Gasteiger partial charge in [-0.25, -0.2) is 22.0 Å². The van der Waals surface area contributed by atoms with Crippen molar-refractivity contribution in [3.8, 4) is 0 Å². The van der Waals surface area contributed by atoms with E-state index >= 15 is 0 Å². The van der Waals surface area contributed by atoms with E-state index < -0.39 is 73.4 Å². The summed E-state index contributed by atoms with van der Waals surface area (Å²) in [6.07, 6.45) is -12.1. The molecule has 2 unspecified atom stereocenters. The second-order valence-corrected chi connectivity index (χ2v) is 5.55. The first-order valence-corrected chi connectivity index (χ1v) is 7.13. The monoisotopic (exact) mass is 382 g/mol. The highest BCUT2D eigenvalue weighted by Gasteiger charge is 2.55. The summed E-state index contributed by atoms with van der Waals surface area (Å²) in [6.45, 7) is -2.42. The summed E-state index contributed by atoms with van der Waals surface area (Å²) in [5, 5.41) is 12.4. The Bertz CT molecular complexity index is 632. The second kappa shape index (κ2) is 6.38. The summed E-state index contributed by atoms with van der Waals surface area (Å²) in [5.74, 6) is -7.38. The van der Waals surface area contributed by atoms with Gasteiger partial charge in [0.1, 0.15) is 6.10 Å². The maximum absolute atomic E-state index is 14.1. The zero-order valence-corrected chi connectivity index (χ0v) is 12.8. The number of aromatic nitrogens is 2. The fourth-order valence-electron chi connectivity index (χ4n) is 2.62. The van der Waals surface area contributed by atoms with E-state index in [2.05, 4.69) is 9.84 Å². The SMILES string of the molecule is CCOC(F)(CF)C(F)Cn1nc(C(F)(F)F)c2c1CC(F)(F)[C@H]2O. The Labute approximate surface area is 136 Å². The molecule has 144 valence electrons. The third-order valence-corrected chi connectivity index (χ3v) is 3.81. The molecule has 1 heterocycles. The summed E-state index contributed by atoms with van der Waals surface area (Å²) in [4.78, 5) is 0. The van der Waals surface area contributed by atoms with Crippen molar-refractivity contribution < 1.29 is 45.0 Å². The molecule has 25 heavy (non-hydrogen) atoms. The van der Waals surface area contributed by atoms with Crippen LogP contribution in [0.15, 0.2) is 0 Å². The number of fused-ring (bicyclic) bond motifs is 1. The topological polar surface area (TPSA) is 47.3 Å². The molecule has 1 aromatic heterocycles. The highest BCUT2D eigenvalue weighted by atomic mass is 19.4. The normalized spacial score (nSPS) is 23.4. The smallest absolute Gasteiger partial charge is 0.382 e. The van der Waals surface area contributed by atoms with Gasteiger partial charge in [-0.05, 0) is 6.92 Å². The number of ether oxygens (including phenoxy) is 1. The van der Waals surface area contributed by atoms with E-state index in [9.17, 15) is 40.2 Å². The molecule has 12 heteroatoms. The molecule has 0 aliphatic heterocycles. The molecule has 0 saturated carbocycles. The van der Waals surface area contributed by atoms with E-state index in [1.165, 1.54) is 6.92 Å². The van der Waals surface area contributed by atoms with Gasteiger partial charge in [-0.2, -0.15) is 18.3 Å². The third kappa shape index (κ3) is 3.46. The van der Waals surface area contributed by atoms with E-state index in [1.807, 2.05) is 0 Å². The predicted molar refractivity (Wildman–Crippen MR) is 67.2 cm³/mol. The van der Waals surface area contributed by atoms with Crippen LogP contribution in [0.4, 0.5) is 35.1 Å². The van der Waals surface area contributed by atoms with E-state index in [0.717, 1.165) is 0 Å². The summed E-state index contributed by atoms with van der Waals surface area (Å²) >= 11 is 0. The van der Waals surface area contributed by atoms with Crippen LogP contribution in [0.3, 0.4) is 0 Å². The van der Waals surface area contributed by atoms with Gasteiger partial charge >= 0.3 is 6.18 Å². The number of hydrogen-bond acceptors (Lipinski definition) is 3. The van der Waals surface area contributed by atoms with Crippen molar-refractivity contribution in [3.63, 3.8) is 0 Å². The Morgan fingerprint density at radius 1 is 1.36 bits per heavy atom. The number of aliphatic hydroxyl groups excluding tert-OH is 1. The van der Waals surface area contributed by atoms with Crippen LogP contribution in [-0.2, 0) is 23.9 Å². The number of alkyl halides is 8. The fraction of sp³-hybridized carbons (Fsp3) is 0.769. The van der Waals surface area contributed by atoms with Gasteiger partial charge in [-0.1, -0.05) is 0 Å². The van der Waals surface area contributed by atoms with Crippen LogP contribution in [0.1, 0.15) is 30.0 Å². The molecule has 1 aliphatic carbocycles. The van der Waals surface area contributed by atoms with Crippen LogP contribution >= 0.6 is 0 Å². The third-order valence-electron chi connectivity index (χ3n) is 3.81. The lowest BCUT2D eigenvalue weighted by atomic mass is 10.1. The molecule has 4 nitrogen and oxygen atoms in total. The minimum atomic E-state index is -5.20. The molecule has 1 aliphatic rings. The van der Waals surface area contributed by atoms with E-state index in [-0.39, 0.29) is 4.68 Å². The van der Waals surface area contributed by atoms with Gasteiger partial charge in [0.2, 0.25) is 0 Å². The van der Waals surface area contributed by atoms with Crippen molar-refractivity contribution in [2.45, 2.75) is 50.1 Å². The van der Waals surface area contributed by atoms with Crippen LogP contribution in [0.2, 0.25) is 0 Å². The first kappa shape index (κ1) is 19.9. The average molecular weight is 382 g/mol. The molecule has 0 saturated heterocycles. The number of rotatable bonds is 6. The number of halogens is 8. The van der Waals surface area contributed by atoms with E-state index in [4.69, 9.17) is 0 Å². The summed E-state index contributed by atoms with van der Waals surface area (Å²) in [7, 11) is 0. The lowest BCUT2D eigenvalue weighted by Crippen LogP contribution is -2.43. The van der Waals surface area contributed by atoms with Gasteiger partial charge in [0.25, 0.3) is 11.8 Å². The molecule has 0 fully saturated rings. The lowest BCUT2D eigenvalue weighted by Gasteiger charge is -2.26. The minimum absolute atomic E-state index is 0.177. The molecule has 0 amide bonds. The molecular weight excluding hydrogens is 368 g/mol. The predicted octanol–water partition coefficient (Wildman–Crippen LogP) is 3.14. The molecule has 0 aromatic carbocycles. The van der Waals surface area contributed by atoms with Crippen LogP contribution in [-0.4, -0.2) is 46.1 Å². The molecule has 3 atom stereocenters. The highest BCUT2D eigenvalue weighted by Crippen LogP contribution is 2.48. The Morgan fingerprint density at radius 3 is 2.44 bits per heavy atom. The van der Waals surface area contributed by atoms with Crippen LogP contribution < -0.4 is 0 Å². The van der Waals surface area contributed by atoms with E-state index in [0.29, 0.717) is 0 Å². The van der Waals surface area contributed by atoms with Crippen LogP contribution in [0.25, 0.3) is 0 Å².